The average molecular weight is 310 g/mol. The van der Waals surface area contributed by atoms with Gasteiger partial charge in [-0.1, -0.05) is 31.4 Å². The van der Waals surface area contributed by atoms with Gasteiger partial charge in [0.15, 0.2) is 5.96 Å². The molecule has 0 radical (unpaired) electrons. The second-order valence-electron chi connectivity index (χ2n) is 5.37. The second-order valence-corrected chi connectivity index (χ2v) is 6.93. The van der Waals surface area contributed by atoms with Crippen LogP contribution in [0.4, 0.5) is 0 Å². The van der Waals surface area contributed by atoms with Gasteiger partial charge in [0.25, 0.3) is 0 Å². The van der Waals surface area contributed by atoms with Crippen molar-refractivity contribution >= 4 is 16.0 Å². The molecule has 2 rings (SSSR count). The normalized spacial score (nSPS) is 17.7. The first-order valence-corrected chi connectivity index (χ1v) is 8.68. The lowest BCUT2D eigenvalue weighted by Gasteiger charge is -2.23. The standard InChI is InChI=1S/C14H22N4O2S/c15-14(18-12-4-2-1-3-5-12)17-10-11-6-8-13(9-7-11)21(16,19)20/h6-9,12H,1-5,10H2,(H3,15,17,18)(H2,16,19,20). The Hall–Kier alpha value is -1.60. The van der Waals surface area contributed by atoms with Gasteiger partial charge in [0, 0.05) is 6.04 Å². The van der Waals surface area contributed by atoms with Crippen LogP contribution in [-0.2, 0) is 16.6 Å². The fourth-order valence-electron chi connectivity index (χ4n) is 2.46. The van der Waals surface area contributed by atoms with E-state index >= 15 is 0 Å². The van der Waals surface area contributed by atoms with E-state index in [1.165, 1.54) is 31.4 Å². The molecule has 0 saturated heterocycles. The summed E-state index contributed by atoms with van der Waals surface area (Å²) >= 11 is 0. The molecule has 116 valence electrons. The minimum atomic E-state index is -3.64. The zero-order valence-corrected chi connectivity index (χ0v) is 12.8. The topological polar surface area (TPSA) is 111 Å². The quantitative estimate of drug-likeness (QED) is 0.570. The van der Waals surface area contributed by atoms with E-state index in [2.05, 4.69) is 10.3 Å². The van der Waals surface area contributed by atoms with Crippen molar-refractivity contribution in [3.05, 3.63) is 29.8 Å². The number of guanidine groups is 1. The van der Waals surface area contributed by atoms with Crippen LogP contribution in [0.3, 0.4) is 0 Å². The molecule has 0 bridgehead atoms. The van der Waals surface area contributed by atoms with E-state index in [0.717, 1.165) is 18.4 Å². The zero-order chi connectivity index (χ0) is 15.3. The molecule has 0 atom stereocenters. The Morgan fingerprint density at radius 2 is 1.81 bits per heavy atom. The van der Waals surface area contributed by atoms with Crippen LogP contribution in [0.25, 0.3) is 0 Å². The highest BCUT2D eigenvalue weighted by Crippen LogP contribution is 2.17. The summed E-state index contributed by atoms with van der Waals surface area (Å²) in [5.41, 5.74) is 6.76. The van der Waals surface area contributed by atoms with Crippen molar-refractivity contribution in [1.82, 2.24) is 5.32 Å². The van der Waals surface area contributed by atoms with Crippen LogP contribution < -0.4 is 16.2 Å². The molecule has 1 aromatic rings. The Labute approximate surface area is 125 Å². The number of nitrogens with one attached hydrogen (secondary N) is 1. The van der Waals surface area contributed by atoms with Gasteiger partial charge >= 0.3 is 0 Å². The van der Waals surface area contributed by atoms with E-state index in [1.807, 2.05) is 0 Å². The second kappa shape index (κ2) is 6.91. The van der Waals surface area contributed by atoms with Crippen LogP contribution >= 0.6 is 0 Å². The molecule has 0 aliphatic heterocycles. The number of hydrogen-bond acceptors (Lipinski definition) is 3. The molecule has 6 nitrogen and oxygen atoms in total. The molecule has 1 aromatic carbocycles. The molecule has 1 fully saturated rings. The summed E-state index contributed by atoms with van der Waals surface area (Å²) < 4.78 is 22.3. The largest absolute Gasteiger partial charge is 0.370 e. The first kappa shape index (κ1) is 15.8. The van der Waals surface area contributed by atoms with E-state index in [1.54, 1.807) is 12.1 Å². The fraction of sp³-hybridized carbons (Fsp3) is 0.500. The number of benzene rings is 1. The lowest BCUT2D eigenvalue weighted by atomic mass is 9.96. The number of primary sulfonamides is 1. The van der Waals surface area contributed by atoms with Gasteiger partial charge in [-0.05, 0) is 30.5 Å². The van der Waals surface area contributed by atoms with Crippen molar-refractivity contribution in [2.24, 2.45) is 15.9 Å². The first-order chi connectivity index (χ1) is 9.95. The molecule has 1 aliphatic carbocycles. The van der Waals surface area contributed by atoms with Crippen molar-refractivity contribution in [2.45, 2.75) is 49.6 Å². The van der Waals surface area contributed by atoms with Crippen molar-refractivity contribution in [2.75, 3.05) is 0 Å². The molecule has 0 heterocycles. The number of nitrogens with two attached hydrogens (primary N) is 2. The smallest absolute Gasteiger partial charge is 0.238 e. The van der Waals surface area contributed by atoms with Crippen LogP contribution in [0.15, 0.2) is 34.2 Å². The van der Waals surface area contributed by atoms with Crippen LogP contribution in [0.5, 0.6) is 0 Å². The molecule has 1 aliphatic rings. The van der Waals surface area contributed by atoms with E-state index in [9.17, 15) is 8.42 Å². The van der Waals surface area contributed by atoms with E-state index in [0.29, 0.717) is 18.5 Å². The van der Waals surface area contributed by atoms with E-state index in [-0.39, 0.29) is 4.90 Å². The zero-order valence-electron chi connectivity index (χ0n) is 12.0. The molecule has 0 spiro atoms. The summed E-state index contributed by atoms with van der Waals surface area (Å²) in [7, 11) is -3.64. The highest BCUT2D eigenvalue weighted by molar-refractivity contribution is 7.89. The van der Waals surface area contributed by atoms with E-state index in [4.69, 9.17) is 10.9 Å². The SMILES string of the molecule is NC(=NCc1ccc(S(N)(=O)=O)cc1)NC1CCCCC1. The molecular formula is C14H22N4O2S. The summed E-state index contributed by atoms with van der Waals surface area (Å²) in [5.74, 6) is 0.442. The van der Waals surface area contributed by atoms with Crippen molar-refractivity contribution in [1.29, 1.82) is 0 Å². The summed E-state index contributed by atoms with van der Waals surface area (Å²) in [4.78, 5) is 4.38. The van der Waals surface area contributed by atoms with Gasteiger partial charge in [0.2, 0.25) is 10.0 Å². The third kappa shape index (κ3) is 5.02. The van der Waals surface area contributed by atoms with Gasteiger partial charge in [-0.25, -0.2) is 18.5 Å². The lowest BCUT2D eigenvalue weighted by molar-refractivity contribution is 0.412. The number of aliphatic imine (C=N–C) groups is 1. The molecule has 7 heteroatoms. The average Bonchev–Trinajstić information content (AvgIpc) is 2.46. The molecule has 1 saturated carbocycles. The Morgan fingerprint density at radius 3 is 2.38 bits per heavy atom. The van der Waals surface area contributed by atoms with Crippen LogP contribution in [-0.4, -0.2) is 20.4 Å². The Bertz CT molecular complexity index is 590. The van der Waals surface area contributed by atoms with E-state index < -0.39 is 10.0 Å². The molecule has 5 N–H and O–H groups in total. The molecule has 0 aromatic heterocycles. The first-order valence-electron chi connectivity index (χ1n) is 7.13. The van der Waals surface area contributed by atoms with Gasteiger partial charge in [-0.2, -0.15) is 0 Å². The Kier molecular flexibility index (Phi) is 5.19. The van der Waals surface area contributed by atoms with Crippen molar-refractivity contribution in [3.63, 3.8) is 0 Å². The van der Waals surface area contributed by atoms with Crippen molar-refractivity contribution < 1.29 is 8.42 Å². The predicted molar refractivity (Wildman–Crippen MR) is 83.2 cm³/mol. The highest BCUT2D eigenvalue weighted by atomic mass is 32.2. The maximum atomic E-state index is 11.2. The molecular weight excluding hydrogens is 288 g/mol. The van der Waals surface area contributed by atoms with Crippen LogP contribution in [0, 0.1) is 0 Å². The summed E-state index contributed by atoms with van der Waals surface area (Å²) in [6, 6.07) is 6.76. The monoisotopic (exact) mass is 310 g/mol. The maximum Gasteiger partial charge on any atom is 0.238 e. The van der Waals surface area contributed by atoms with Gasteiger partial charge in [-0.3, -0.25) is 0 Å². The lowest BCUT2D eigenvalue weighted by Crippen LogP contribution is -2.41. The number of sulfonamides is 1. The summed E-state index contributed by atoms with van der Waals surface area (Å²) in [5, 5.41) is 8.28. The minimum Gasteiger partial charge on any atom is -0.370 e. The van der Waals surface area contributed by atoms with Crippen molar-refractivity contribution in [3.8, 4) is 0 Å². The number of nitrogens with zero attached hydrogens (tertiary/aromatic N) is 1. The third-order valence-electron chi connectivity index (χ3n) is 3.64. The molecule has 0 unspecified atom stereocenters. The number of hydrogen-bond donors (Lipinski definition) is 3. The Balaban J connectivity index is 1.90. The van der Waals surface area contributed by atoms with Gasteiger partial charge in [0.05, 0.1) is 11.4 Å². The minimum absolute atomic E-state index is 0.100. The van der Waals surface area contributed by atoms with Crippen LogP contribution in [0.2, 0.25) is 0 Å². The Morgan fingerprint density at radius 1 is 1.19 bits per heavy atom. The van der Waals surface area contributed by atoms with Gasteiger partial charge in [0.1, 0.15) is 0 Å². The number of rotatable bonds is 4. The molecule has 21 heavy (non-hydrogen) atoms. The third-order valence-corrected chi connectivity index (χ3v) is 4.57. The highest BCUT2D eigenvalue weighted by Gasteiger charge is 2.13. The van der Waals surface area contributed by atoms with Crippen LogP contribution in [0.1, 0.15) is 37.7 Å². The summed E-state index contributed by atoms with van der Waals surface area (Å²) in [6.07, 6.45) is 6.05. The van der Waals surface area contributed by atoms with Gasteiger partial charge < -0.3 is 11.1 Å². The predicted octanol–water partition coefficient (Wildman–Crippen LogP) is 1.07. The molecule has 0 amide bonds. The van der Waals surface area contributed by atoms with Gasteiger partial charge in [-0.15, -0.1) is 0 Å². The fourth-order valence-corrected chi connectivity index (χ4v) is 2.98. The summed E-state index contributed by atoms with van der Waals surface area (Å²) in [6.45, 7) is 0.413. The maximum absolute atomic E-state index is 11.2.